The lowest BCUT2D eigenvalue weighted by atomic mass is 10.1. The number of amides is 2. The quantitative estimate of drug-likeness (QED) is 0.365. The van der Waals surface area contributed by atoms with Crippen molar-refractivity contribution < 1.29 is 23.5 Å². The standard InChI is InChI=1S/C16H15N3O5/c1-23-16(22)12-6-4-11(5-7-12)9-18-19-15(21)14(20)17-10-13-3-2-8-24-13/h2-9H,10H2,1H3,(H,17,20)(H,19,21)/b18-9-. The van der Waals surface area contributed by atoms with E-state index in [1.807, 2.05) is 0 Å². The Kier molecular flexibility index (Phi) is 5.84. The van der Waals surface area contributed by atoms with Crippen LogP contribution in [0.15, 0.2) is 52.2 Å². The fourth-order valence-corrected chi connectivity index (χ4v) is 1.70. The van der Waals surface area contributed by atoms with Gasteiger partial charge in [0.2, 0.25) is 0 Å². The smallest absolute Gasteiger partial charge is 0.337 e. The van der Waals surface area contributed by atoms with Gasteiger partial charge in [0.05, 0.1) is 31.7 Å². The number of hydrazone groups is 1. The first-order chi connectivity index (χ1) is 11.6. The highest BCUT2D eigenvalue weighted by Gasteiger charge is 2.12. The van der Waals surface area contributed by atoms with E-state index in [1.165, 1.54) is 19.6 Å². The van der Waals surface area contributed by atoms with Gasteiger partial charge in [0.15, 0.2) is 0 Å². The third-order valence-electron chi connectivity index (χ3n) is 2.92. The van der Waals surface area contributed by atoms with Crippen molar-refractivity contribution in [1.29, 1.82) is 0 Å². The SMILES string of the molecule is COC(=O)c1ccc(/C=N\NC(=O)C(=O)NCc2ccco2)cc1. The van der Waals surface area contributed by atoms with Crippen molar-refractivity contribution in [3.63, 3.8) is 0 Å². The summed E-state index contributed by atoms with van der Waals surface area (Å²) in [7, 11) is 1.30. The van der Waals surface area contributed by atoms with Crippen LogP contribution in [0.2, 0.25) is 0 Å². The average Bonchev–Trinajstić information content (AvgIpc) is 3.13. The fraction of sp³-hybridized carbons (Fsp3) is 0.125. The minimum absolute atomic E-state index is 0.109. The Labute approximate surface area is 137 Å². The van der Waals surface area contributed by atoms with Gasteiger partial charge in [0.25, 0.3) is 0 Å². The Morgan fingerprint density at radius 2 is 1.92 bits per heavy atom. The molecule has 2 amide bonds. The molecule has 2 N–H and O–H groups in total. The van der Waals surface area contributed by atoms with Gasteiger partial charge in [0, 0.05) is 0 Å². The molecule has 8 heteroatoms. The highest BCUT2D eigenvalue weighted by atomic mass is 16.5. The molecule has 0 saturated carbocycles. The zero-order chi connectivity index (χ0) is 17.4. The molecule has 0 aliphatic heterocycles. The third kappa shape index (κ3) is 4.80. The van der Waals surface area contributed by atoms with Crippen LogP contribution in [0.25, 0.3) is 0 Å². The second-order valence-corrected chi connectivity index (χ2v) is 4.57. The fourth-order valence-electron chi connectivity index (χ4n) is 1.70. The lowest BCUT2D eigenvalue weighted by molar-refractivity contribution is -0.139. The molecule has 0 fully saturated rings. The van der Waals surface area contributed by atoms with Gasteiger partial charge in [-0.3, -0.25) is 9.59 Å². The molecule has 0 aliphatic rings. The molecule has 0 unspecified atom stereocenters. The number of carbonyl (C=O) groups excluding carboxylic acids is 3. The van der Waals surface area contributed by atoms with Gasteiger partial charge < -0.3 is 14.5 Å². The largest absolute Gasteiger partial charge is 0.467 e. The normalized spacial score (nSPS) is 10.4. The van der Waals surface area contributed by atoms with Crippen LogP contribution < -0.4 is 10.7 Å². The predicted octanol–water partition coefficient (Wildman–Crippen LogP) is 0.833. The molecule has 0 radical (unpaired) electrons. The molecule has 1 heterocycles. The zero-order valence-corrected chi connectivity index (χ0v) is 12.8. The van der Waals surface area contributed by atoms with E-state index in [4.69, 9.17) is 4.42 Å². The van der Waals surface area contributed by atoms with Crippen molar-refractivity contribution in [2.75, 3.05) is 7.11 Å². The molecule has 0 spiro atoms. The van der Waals surface area contributed by atoms with E-state index in [9.17, 15) is 14.4 Å². The van der Waals surface area contributed by atoms with Gasteiger partial charge in [-0.15, -0.1) is 0 Å². The Bertz CT molecular complexity index is 736. The first-order valence-electron chi connectivity index (χ1n) is 6.92. The number of rotatable bonds is 5. The van der Waals surface area contributed by atoms with E-state index in [1.54, 1.807) is 36.4 Å². The van der Waals surface area contributed by atoms with Crippen LogP contribution in [0.5, 0.6) is 0 Å². The van der Waals surface area contributed by atoms with Crippen LogP contribution in [-0.2, 0) is 20.9 Å². The molecular formula is C16H15N3O5. The molecule has 8 nitrogen and oxygen atoms in total. The summed E-state index contributed by atoms with van der Waals surface area (Å²) in [4.78, 5) is 34.4. The minimum atomic E-state index is -0.899. The predicted molar refractivity (Wildman–Crippen MR) is 84.1 cm³/mol. The summed E-state index contributed by atoms with van der Waals surface area (Å²) < 4.78 is 9.61. The Morgan fingerprint density at radius 3 is 2.54 bits per heavy atom. The van der Waals surface area contributed by atoms with Crippen molar-refractivity contribution in [2.24, 2.45) is 5.10 Å². The number of ether oxygens (including phenoxy) is 1. The molecule has 0 aliphatic carbocycles. The van der Waals surface area contributed by atoms with E-state index in [0.717, 1.165) is 0 Å². The number of furan rings is 1. The van der Waals surface area contributed by atoms with Gasteiger partial charge in [-0.05, 0) is 29.8 Å². The molecule has 0 saturated heterocycles. The first-order valence-corrected chi connectivity index (χ1v) is 6.92. The maximum Gasteiger partial charge on any atom is 0.337 e. The summed E-state index contributed by atoms with van der Waals surface area (Å²) >= 11 is 0. The molecule has 2 aromatic rings. The molecular weight excluding hydrogens is 314 g/mol. The summed E-state index contributed by atoms with van der Waals surface area (Å²) in [6.45, 7) is 0.109. The molecule has 0 atom stereocenters. The van der Waals surface area contributed by atoms with Gasteiger partial charge in [-0.2, -0.15) is 5.10 Å². The van der Waals surface area contributed by atoms with Crippen molar-refractivity contribution >= 4 is 24.0 Å². The lowest BCUT2D eigenvalue weighted by Crippen LogP contribution is -2.37. The number of nitrogens with zero attached hydrogens (tertiary/aromatic N) is 1. The van der Waals surface area contributed by atoms with Crippen molar-refractivity contribution in [1.82, 2.24) is 10.7 Å². The van der Waals surface area contributed by atoms with Crippen LogP contribution >= 0.6 is 0 Å². The highest BCUT2D eigenvalue weighted by molar-refractivity contribution is 6.35. The summed E-state index contributed by atoms with van der Waals surface area (Å²) in [5.41, 5.74) is 3.14. The molecule has 124 valence electrons. The van der Waals surface area contributed by atoms with Gasteiger partial charge in [0.1, 0.15) is 5.76 Å². The molecule has 24 heavy (non-hydrogen) atoms. The monoisotopic (exact) mass is 329 g/mol. The zero-order valence-electron chi connectivity index (χ0n) is 12.8. The number of hydrogen-bond acceptors (Lipinski definition) is 6. The number of nitrogens with one attached hydrogen (secondary N) is 2. The Morgan fingerprint density at radius 1 is 1.17 bits per heavy atom. The Balaban J connectivity index is 1.80. The van der Waals surface area contributed by atoms with Crippen LogP contribution in [-0.4, -0.2) is 31.1 Å². The summed E-state index contributed by atoms with van der Waals surface area (Å²) in [6, 6.07) is 9.72. The Hall–Kier alpha value is -3.42. The maximum atomic E-state index is 11.5. The summed E-state index contributed by atoms with van der Waals surface area (Å²) in [6.07, 6.45) is 2.82. The summed E-state index contributed by atoms with van der Waals surface area (Å²) in [5, 5.41) is 6.07. The van der Waals surface area contributed by atoms with Gasteiger partial charge >= 0.3 is 17.8 Å². The lowest BCUT2D eigenvalue weighted by Gasteiger charge is -2.01. The van der Waals surface area contributed by atoms with Crippen molar-refractivity contribution in [3.05, 3.63) is 59.5 Å². The third-order valence-corrected chi connectivity index (χ3v) is 2.92. The first kappa shape index (κ1) is 16.9. The van der Waals surface area contributed by atoms with E-state index >= 15 is 0 Å². The average molecular weight is 329 g/mol. The molecule has 1 aromatic carbocycles. The van der Waals surface area contributed by atoms with Crippen LogP contribution in [0.3, 0.4) is 0 Å². The number of esters is 1. The molecule has 0 bridgehead atoms. The van der Waals surface area contributed by atoms with E-state index < -0.39 is 17.8 Å². The second-order valence-electron chi connectivity index (χ2n) is 4.57. The number of carbonyl (C=O) groups is 3. The topological polar surface area (TPSA) is 110 Å². The van der Waals surface area contributed by atoms with Crippen molar-refractivity contribution in [3.8, 4) is 0 Å². The van der Waals surface area contributed by atoms with E-state index in [0.29, 0.717) is 16.9 Å². The maximum absolute atomic E-state index is 11.5. The second kappa shape index (κ2) is 8.28. The van der Waals surface area contributed by atoms with Crippen LogP contribution in [0.1, 0.15) is 21.7 Å². The van der Waals surface area contributed by atoms with Gasteiger partial charge in [-0.25, -0.2) is 10.2 Å². The minimum Gasteiger partial charge on any atom is -0.467 e. The van der Waals surface area contributed by atoms with E-state index in [-0.39, 0.29) is 6.54 Å². The summed E-state index contributed by atoms with van der Waals surface area (Å²) in [5.74, 6) is -1.64. The molecule has 2 rings (SSSR count). The van der Waals surface area contributed by atoms with E-state index in [2.05, 4.69) is 20.6 Å². The number of hydrogen-bond donors (Lipinski definition) is 2. The van der Waals surface area contributed by atoms with Gasteiger partial charge in [-0.1, -0.05) is 12.1 Å². The van der Waals surface area contributed by atoms with Crippen LogP contribution in [0.4, 0.5) is 0 Å². The highest BCUT2D eigenvalue weighted by Crippen LogP contribution is 2.03. The number of methoxy groups -OCH3 is 1. The van der Waals surface area contributed by atoms with Crippen molar-refractivity contribution in [2.45, 2.75) is 6.54 Å². The molecule has 1 aromatic heterocycles. The number of benzene rings is 1. The van der Waals surface area contributed by atoms with Crippen LogP contribution in [0, 0.1) is 0 Å².